The maximum Gasteiger partial charge on any atom is 0.281 e. The van der Waals surface area contributed by atoms with Gasteiger partial charge >= 0.3 is 0 Å². The van der Waals surface area contributed by atoms with Gasteiger partial charge in [-0.3, -0.25) is 0 Å². The Morgan fingerprint density at radius 1 is 1.41 bits per heavy atom. The Bertz CT molecular complexity index is 335. The van der Waals surface area contributed by atoms with Crippen LogP contribution >= 0.6 is 0 Å². The summed E-state index contributed by atoms with van der Waals surface area (Å²) in [5, 5.41) is 3.15. The van der Waals surface area contributed by atoms with E-state index in [-0.39, 0.29) is 6.10 Å². The second-order valence-electron chi connectivity index (χ2n) is 4.57. The van der Waals surface area contributed by atoms with Crippen molar-refractivity contribution in [2.24, 2.45) is 0 Å². The van der Waals surface area contributed by atoms with Gasteiger partial charge < -0.3 is 10.1 Å². The van der Waals surface area contributed by atoms with Crippen molar-refractivity contribution in [1.82, 2.24) is 13.9 Å². The lowest BCUT2D eigenvalue weighted by Crippen LogP contribution is -2.51. The number of likely N-dealkylation sites (N-methyl/N-ethyl adjacent to an activating group) is 1. The zero-order chi connectivity index (χ0) is 12.3. The maximum atomic E-state index is 12.2. The second-order valence-corrected chi connectivity index (χ2v) is 6.61. The van der Waals surface area contributed by atoms with Crippen LogP contribution < -0.4 is 5.32 Å². The van der Waals surface area contributed by atoms with Gasteiger partial charge in [-0.2, -0.15) is 17.0 Å². The van der Waals surface area contributed by atoms with Crippen LogP contribution in [0.25, 0.3) is 0 Å². The van der Waals surface area contributed by atoms with E-state index in [1.165, 1.54) is 4.31 Å². The van der Waals surface area contributed by atoms with E-state index in [1.807, 2.05) is 0 Å². The van der Waals surface area contributed by atoms with E-state index < -0.39 is 10.2 Å². The smallest absolute Gasteiger partial charge is 0.281 e. The van der Waals surface area contributed by atoms with Crippen LogP contribution in [-0.2, 0) is 14.9 Å². The van der Waals surface area contributed by atoms with Crippen molar-refractivity contribution in [2.75, 3.05) is 46.4 Å². The maximum absolute atomic E-state index is 12.2. The summed E-state index contributed by atoms with van der Waals surface area (Å²) in [4.78, 5) is 0. The number of hydrogen-bond donors (Lipinski definition) is 1. The van der Waals surface area contributed by atoms with Crippen LogP contribution in [0.4, 0.5) is 0 Å². The zero-order valence-electron chi connectivity index (χ0n) is 10.3. The minimum Gasteiger partial charge on any atom is -0.377 e. The molecule has 2 saturated heterocycles. The van der Waals surface area contributed by atoms with Crippen LogP contribution in [0.1, 0.15) is 12.8 Å². The molecule has 0 amide bonds. The number of nitrogens with one attached hydrogen (secondary N) is 1. The Labute approximate surface area is 103 Å². The summed E-state index contributed by atoms with van der Waals surface area (Å²) in [7, 11) is -1.66. The Hall–Kier alpha value is -0.210. The summed E-state index contributed by atoms with van der Waals surface area (Å²) >= 11 is 0. The molecule has 0 aromatic rings. The van der Waals surface area contributed by atoms with Crippen LogP contribution in [0.2, 0.25) is 0 Å². The fourth-order valence-electron chi connectivity index (χ4n) is 2.24. The predicted molar refractivity (Wildman–Crippen MR) is 65.0 cm³/mol. The standard InChI is InChI=1S/C10H21N3O3S/c1-12(9-10-3-2-8-16-10)17(14,15)13-6-4-11-5-7-13/h10-11H,2-9H2,1H3. The lowest BCUT2D eigenvalue weighted by molar-refractivity contribution is 0.0964. The molecule has 2 fully saturated rings. The van der Waals surface area contributed by atoms with Gasteiger partial charge in [0.25, 0.3) is 10.2 Å². The van der Waals surface area contributed by atoms with Crippen molar-refractivity contribution >= 4 is 10.2 Å². The molecule has 0 aromatic heterocycles. The first-order valence-corrected chi connectivity index (χ1v) is 7.54. The highest BCUT2D eigenvalue weighted by Gasteiger charge is 2.30. The lowest BCUT2D eigenvalue weighted by Gasteiger charge is -2.31. The van der Waals surface area contributed by atoms with E-state index in [0.717, 1.165) is 32.5 Å². The number of nitrogens with zero attached hydrogens (tertiary/aromatic N) is 2. The molecule has 17 heavy (non-hydrogen) atoms. The van der Waals surface area contributed by atoms with Gasteiger partial charge in [-0.05, 0) is 12.8 Å². The van der Waals surface area contributed by atoms with Crippen LogP contribution in [0.15, 0.2) is 0 Å². The van der Waals surface area contributed by atoms with E-state index in [4.69, 9.17) is 4.74 Å². The molecule has 0 aromatic carbocycles. The molecule has 6 nitrogen and oxygen atoms in total. The molecule has 0 bridgehead atoms. The predicted octanol–water partition coefficient (Wildman–Crippen LogP) is -0.753. The van der Waals surface area contributed by atoms with Gasteiger partial charge in [0.05, 0.1) is 6.10 Å². The molecule has 2 aliphatic heterocycles. The van der Waals surface area contributed by atoms with E-state index in [2.05, 4.69) is 5.32 Å². The summed E-state index contributed by atoms with van der Waals surface area (Å²) < 4.78 is 32.9. The highest BCUT2D eigenvalue weighted by atomic mass is 32.2. The molecule has 0 spiro atoms. The number of rotatable bonds is 4. The average Bonchev–Trinajstić information content (AvgIpc) is 2.83. The Kier molecular flexibility index (Phi) is 4.37. The van der Waals surface area contributed by atoms with E-state index in [9.17, 15) is 8.42 Å². The third-order valence-electron chi connectivity index (χ3n) is 3.28. The third kappa shape index (κ3) is 3.17. The van der Waals surface area contributed by atoms with Crippen molar-refractivity contribution in [2.45, 2.75) is 18.9 Å². The zero-order valence-corrected chi connectivity index (χ0v) is 11.1. The van der Waals surface area contributed by atoms with Gasteiger partial charge in [0.2, 0.25) is 0 Å². The summed E-state index contributed by atoms with van der Waals surface area (Å²) in [5.74, 6) is 0. The van der Waals surface area contributed by atoms with Gasteiger partial charge in [-0.25, -0.2) is 0 Å². The Morgan fingerprint density at radius 3 is 2.71 bits per heavy atom. The normalized spacial score (nSPS) is 27.8. The highest BCUT2D eigenvalue weighted by molar-refractivity contribution is 7.86. The Balaban J connectivity index is 1.93. The summed E-state index contributed by atoms with van der Waals surface area (Å²) in [5.41, 5.74) is 0. The first kappa shape index (κ1) is 13.2. The summed E-state index contributed by atoms with van der Waals surface area (Å²) in [6.45, 7) is 3.79. The minimum absolute atomic E-state index is 0.0673. The van der Waals surface area contributed by atoms with Crippen molar-refractivity contribution < 1.29 is 13.2 Å². The van der Waals surface area contributed by atoms with Crippen LogP contribution in [0.5, 0.6) is 0 Å². The van der Waals surface area contributed by atoms with Gasteiger partial charge in [-0.15, -0.1) is 0 Å². The number of ether oxygens (including phenoxy) is 1. The fourth-order valence-corrected chi connectivity index (χ4v) is 3.63. The molecule has 0 aliphatic carbocycles. The second kappa shape index (κ2) is 5.62. The summed E-state index contributed by atoms with van der Waals surface area (Å²) in [6.07, 6.45) is 2.06. The molecule has 2 aliphatic rings. The van der Waals surface area contributed by atoms with Crippen LogP contribution in [0, 0.1) is 0 Å². The van der Waals surface area contributed by atoms with Gasteiger partial charge in [0.15, 0.2) is 0 Å². The molecule has 1 unspecified atom stereocenters. The molecule has 7 heteroatoms. The van der Waals surface area contributed by atoms with Crippen molar-refractivity contribution in [3.05, 3.63) is 0 Å². The molecular weight excluding hydrogens is 242 g/mol. The highest BCUT2D eigenvalue weighted by Crippen LogP contribution is 2.15. The lowest BCUT2D eigenvalue weighted by atomic mass is 10.2. The molecule has 0 saturated carbocycles. The Morgan fingerprint density at radius 2 is 2.12 bits per heavy atom. The molecule has 100 valence electrons. The average molecular weight is 263 g/mol. The fraction of sp³-hybridized carbons (Fsp3) is 1.00. The monoisotopic (exact) mass is 263 g/mol. The molecule has 1 N–H and O–H groups in total. The number of piperazine rings is 1. The van der Waals surface area contributed by atoms with Crippen LogP contribution in [-0.4, -0.2) is 69.5 Å². The van der Waals surface area contributed by atoms with E-state index in [0.29, 0.717) is 19.6 Å². The largest absolute Gasteiger partial charge is 0.377 e. The van der Waals surface area contributed by atoms with Gasteiger partial charge in [0, 0.05) is 46.4 Å². The van der Waals surface area contributed by atoms with Crippen molar-refractivity contribution in [3.63, 3.8) is 0 Å². The van der Waals surface area contributed by atoms with Crippen molar-refractivity contribution in [1.29, 1.82) is 0 Å². The van der Waals surface area contributed by atoms with Gasteiger partial charge in [-0.1, -0.05) is 0 Å². The number of hydrogen-bond acceptors (Lipinski definition) is 4. The molecule has 0 radical (unpaired) electrons. The molecule has 1 atom stereocenters. The van der Waals surface area contributed by atoms with Crippen LogP contribution in [0.3, 0.4) is 0 Å². The topological polar surface area (TPSA) is 61.9 Å². The van der Waals surface area contributed by atoms with Gasteiger partial charge in [0.1, 0.15) is 0 Å². The third-order valence-corrected chi connectivity index (χ3v) is 5.24. The first-order chi connectivity index (χ1) is 8.10. The molecular formula is C10H21N3O3S. The van der Waals surface area contributed by atoms with Crippen molar-refractivity contribution in [3.8, 4) is 0 Å². The van der Waals surface area contributed by atoms with E-state index in [1.54, 1.807) is 11.4 Å². The summed E-state index contributed by atoms with van der Waals surface area (Å²) in [6, 6.07) is 0. The first-order valence-electron chi connectivity index (χ1n) is 6.14. The minimum atomic E-state index is -3.30. The molecule has 2 heterocycles. The molecule has 2 rings (SSSR count). The SMILES string of the molecule is CN(CC1CCCO1)S(=O)(=O)N1CCNCC1. The van der Waals surface area contributed by atoms with E-state index >= 15 is 0 Å². The quantitative estimate of drug-likeness (QED) is 0.725.